The Balaban J connectivity index is 1.55. The van der Waals surface area contributed by atoms with E-state index in [1.807, 2.05) is 0 Å². The van der Waals surface area contributed by atoms with Gasteiger partial charge in [0.1, 0.15) is 34.9 Å². The molecule has 6 rings (SSSR count). The van der Waals surface area contributed by atoms with Crippen LogP contribution in [0.3, 0.4) is 0 Å². The number of benzene rings is 2. The highest BCUT2D eigenvalue weighted by Gasteiger charge is 2.19. The van der Waals surface area contributed by atoms with E-state index >= 15 is 0 Å². The number of fused-ring (bicyclic) bond motifs is 2. The van der Waals surface area contributed by atoms with E-state index < -0.39 is 5.82 Å². The fourth-order valence-electron chi connectivity index (χ4n) is 3.78. The molecule has 7 nitrogen and oxygen atoms in total. The summed E-state index contributed by atoms with van der Waals surface area (Å²) in [5, 5.41) is 7.87. The van der Waals surface area contributed by atoms with Gasteiger partial charge >= 0.3 is 0 Å². The van der Waals surface area contributed by atoms with E-state index in [1.54, 1.807) is 48.9 Å². The van der Waals surface area contributed by atoms with E-state index in [0.717, 1.165) is 0 Å². The summed E-state index contributed by atoms with van der Waals surface area (Å²) >= 11 is 0. The first-order valence-corrected chi connectivity index (χ1v) is 9.72. The predicted octanol–water partition coefficient (Wildman–Crippen LogP) is 4.90. The molecule has 0 aliphatic heterocycles. The molecule has 32 heavy (non-hydrogen) atoms. The van der Waals surface area contributed by atoms with Crippen LogP contribution < -0.4 is 0 Å². The fourth-order valence-corrected chi connectivity index (χ4v) is 3.78. The highest BCUT2D eigenvalue weighted by molar-refractivity contribution is 5.97. The van der Waals surface area contributed by atoms with Gasteiger partial charge in [0.2, 0.25) is 0 Å². The average molecular weight is 425 g/mol. The molecule has 4 heterocycles. The van der Waals surface area contributed by atoms with Gasteiger partial charge in [0.05, 0.1) is 11.0 Å². The number of rotatable bonds is 3. The van der Waals surface area contributed by atoms with Crippen LogP contribution in [0.15, 0.2) is 67.4 Å². The monoisotopic (exact) mass is 425 g/mol. The molecule has 0 atom stereocenters. The van der Waals surface area contributed by atoms with Crippen molar-refractivity contribution in [2.24, 2.45) is 0 Å². The van der Waals surface area contributed by atoms with Crippen LogP contribution >= 0.6 is 0 Å². The minimum Gasteiger partial charge on any atom is -0.336 e. The molecule has 2 aromatic carbocycles. The molecule has 0 amide bonds. The van der Waals surface area contributed by atoms with Crippen LogP contribution in [0.5, 0.6) is 0 Å². The van der Waals surface area contributed by atoms with E-state index in [2.05, 4.69) is 35.1 Å². The van der Waals surface area contributed by atoms with Gasteiger partial charge < -0.3 is 4.98 Å². The zero-order chi connectivity index (χ0) is 21.7. The molecule has 0 spiro atoms. The Labute approximate surface area is 179 Å². The zero-order valence-electron chi connectivity index (χ0n) is 16.3. The molecule has 2 N–H and O–H groups in total. The van der Waals surface area contributed by atoms with E-state index in [4.69, 9.17) is 0 Å². The van der Waals surface area contributed by atoms with Crippen molar-refractivity contribution in [3.05, 3.63) is 79.0 Å². The average Bonchev–Trinajstić information content (AvgIpc) is 3.43. The Morgan fingerprint density at radius 1 is 0.812 bits per heavy atom. The number of aromatic amines is 2. The van der Waals surface area contributed by atoms with Gasteiger partial charge in [-0.25, -0.2) is 23.7 Å². The maximum Gasteiger partial charge on any atom is 0.159 e. The van der Waals surface area contributed by atoms with Crippen molar-refractivity contribution < 1.29 is 8.78 Å². The van der Waals surface area contributed by atoms with Gasteiger partial charge in [0.15, 0.2) is 5.82 Å². The van der Waals surface area contributed by atoms with Gasteiger partial charge in [-0.1, -0.05) is 12.1 Å². The Bertz CT molecular complexity index is 1610. The van der Waals surface area contributed by atoms with Crippen LogP contribution in [0.25, 0.3) is 55.8 Å². The van der Waals surface area contributed by atoms with E-state index in [-0.39, 0.29) is 5.82 Å². The zero-order valence-corrected chi connectivity index (χ0v) is 16.3. The lowest BCUT2D eigenvalue weighted by Gasteiger charge is -2.03. The summed E-state index contributed by atoms with van der Waals surface area (Å²) in [6.45, 7) is 0. The number of hydrogen-bond acceptors (Lipinski definition) is 5. The number of aromatic nitrogens is 7. The normalized spacial score (nSPS) is 11.4. The van der Waals surface area contributed by atoms with Gasteiger partial charge in [0, 0.05) is 46.7 Å². The lowest BCUT2D eigenvalue weighted by Crippen LogP contribution is -1.89. The minimum atomic E-state index is -0.418. The fraction of sp³-hybridized carbons (Fsp3) is 0. The Morgan fingerprint density at radius 2 is 1.66 bits per heavy atom. The highest BCUT2D eigenvalue weighted by atomic mass is 19.1. The van der Waals surface area contributed by atoms with Gasteiger partial charge in [-0.05, 0) is 24.3 Å². The summed E-state index contributed by atoms with van der Waals surface area (Å²) < 4.78 is 29.1. The third-order valence-corrected chi connectivity index (χ3v) is 5.28. The molecule has 0 unspecified atom stereocenters. The molecule has 0 aliphatic rings. The van der Waals surface area contributed by atoms with Crippen LogP contribution in [0.4, 0.5) is 8.78 Å². The van der Waals surface area contributed by atoms with Gasteiger partial charge in [-0.15, -0.1) is 0 Å². The smallest absolute Gasteiger partial charge is 0.159 e. The van der Waals surface area contributed by atoms with Crippen LogP contribution in [0.1, 0.15) is 0 Å². The van der Waals surface area contributed by atoms with Crippen LogP contribution in [-0.2, 0) is 0 Å². The summed E-state index contributed by atoms with van der Waals surface area (Å²) in [5.41, 5.74) is 3.92. The summed E-state index contributed by atoms with van der Waals surface area (Å²) in [5.74, 6) is -0.343. The van der Waals surface area contributed by atoms with E-state index in [0.29, 0.717) is 55.8 Å². The standard InChI is InChI=1S/C23H13F2N7/c24-16-4-2-1-3-13(16)20-22-18(5-6-28-20)29-23(30-22)21-15-7-14(12-9-26-11-27-10-12)17(25)8-19(15)31-32-21/h1-11H,(H,29,30)(H,31,32). The molecule has 0 fully saturated rings. The summed E-state index contributed by atoms with van der Waals surface area (Å²) in [4.78, 5) is 20.2. The SMILES string of the molecule is Fc1cc2[nH]nc(-c3nc4c(-c5ccccc5F)nccc4[nH]3)c2cc1-c1cncnc1. The van der Waals surface area contributed by atoms with Crippen molar-refractivity contribution in [3.8, 4) is 33.9 Å². The quantitative estimate of drug-likeness (QED) is 0.420. The summed E-state index contributed by atoms with van der Waals surface area (Å²) in [6.07, 6.45) is 6.07. The first-order chi connectivity index (χ1) is 15.7. The molecular formula is C23H13F2N7. The van der Waals surface area contributed by atoms with Crippen LogP contribution in [0, 0.1) is 11.6 Å². The first-order valence-electron chi connectivity index (χ1n) is 9.72. The molecule has 0 saturated heterocycles. The maximum absolute atomic E-state index is 14.7. The molecule has 0 aliphatic carbocycles. The number of nitrogens with zero attached hydrogens (tertiary/aromatic N) is 5. The second-order valence-corrected chi connectivity index (χ2v) is 7.20. The minimum absolute atomic E-state index is 0.352. The van der Waals surface area contributed by atoms with Crippen molar-refractivity contribution in [3.63, 3.8) is 0 Å². The molecule has 0 saturated carbocycles. The van der Waals surface area contributed by atoms with Crippen molar-refractivity contribution in [2.45, 2.75) is 0 Å². The molecule has 0 bridgehead atoms. The molecule has 0 radical (unpaired) electrons. The third-order valence-electron chi connectivity index (χ3n) is 5.28. The maximum atomic E-state index is 14.7. The number of imidazole rings is 1. The van der Waals surface area contributed by atoms with Gasteiger partial charge in [-0.3, -0.25) is 10.1 Å². The van der Waals surface area contributed by atoms with Gasteiger partial charge in [0.25, 0.3) is 0 Å². The molecule has 154 valence electrons. The number of hydrogen-bond donors (Lipinski definition) is 2. The largest absolute Gasteiger partial charge is 0.336 e. The van der Waals surface area contributed by atoms with Crippen LogP contribution in [0.2, 0.25) is 0 Å². The lowest BCUT2D eigenvalue weighted by molar-refractivity contribution is 0.631. The Kier molecular flexibility index (Phi) is 4.00. The van der Waals surface area contributed by atoms with Crippen molar-refractivity contribution in [2.75, 3.05) is 0 Å². The van der Waals surface area contributed by atoms with E-state index in [9.17, 15) is 8.78 Å². The first kappa shape index (κ1) is 18.3. The highest BCUT2D eigenvalue weighted by Crippen LogP contribution is 2.33. The molecular weight excluding hydrogens is 412 g/mol. The molecule has 9 heteroatoms. The Hall–Kier alpha value is -4.53. The number of nitrogens with one attached hydrogen (secondary N) is 2. The summed E-state index contributed by atoms with van der Waals surface area (Å²) in [6, 6.07) is 11.2. The molecule has 6 aromatic rings. The summed E-state index contributed by atoms with van der Waals surface area (Å²) in [7, 11) is 0. The molecule has 4 aromatic heterocycles. The number of halogens is 2. The Morgan fingerprint density at radius 3 is 2.50 bits per heavy atom. The second-order valence-electron chi connectivity index (χ2n) is 7.20. The van der Waals surface area contributed by atoms with Crippen molar-refractivity contribution >= 4 is 21.9 Å². The van der Waals surface area contributed by atoms with Crippen molar-refractivity contribution in [1.29, 1.82) is 0 Å². The predicted molar refractivity (Wildman–Crippen MR) is 115 cm³/mol. The number of pyridine rings is 1. The third kappa shape index (κ3) is 2.83. The second kappa shape index (κ2) is 7.02. The topological polar surface area (TPSA) is 96.0 Å². The van der Waals surface area contributed by atoms with Gasteiger partial charge in [-0.2, -0.15) is 5.10 Å². The lowest BCUT2D eigenvalue weighted by atomic mass is 10.0. The van der Waals surface area contributed by atoms with Crippen molar-refractivity contribution in [1.82, 2.24) is 35.1 Å². The van der Waals surface area contributed by atoms with E-state index in [1.165, 1.54) is 18.5 Å². The van der Waals surface area contributed by atoms with Crippen LogP contribution in [-0.4, -0.2) is 35.1 Å². The number of H-pyrrole nitrogens is 2.